The van der Waals surface area contributed by atoms with E-state index >= 15 is 0 Å². The lowest BCUT2D eigenvalue weighted by molar-refractivity contribution is -0.127. The van der Waals surface area contributed by atoms with Gasteiger partial charge in [0, 0.05) is 21.9 Å². The van der Waals surface area contributed by atoms with Crippen LogP contribution in [0.2, 0.25) is 5.02 Å². The van der Waals surface area contributed by atoms with Crippen LogP contribution in [-0.4, -0.2) is 22.7 Å². The summed E-state index contributed by atoms with van der Waals surface area (Å²) in [6.07, 6.45) is 0.760. The van der Waals surface area contributed by atoms with Crippen molar-refractivity contribution in [2.24, 2.45) is 0 Å². The van der Waals surface area contributed by atoms with Gasteiger partial charge in [0.15, 0.2) is 0 Å². The quantitative estimate of drug-likeness (QED) is 0.605. The fourth-order valence-electron chi connectivity index (χ4n) is 2.02. The average Bonchev–Trinajstić information content (AvgIpc) is 2.89. The Labute approximate surface area is 149 Å². The lowest BCUT2D eigenvalue weighted by atomic mass is 10.1. The molecule has 1 aromatic heterocycles. The minimum Gasteiger partial charge on any atom is -0.361 e. The zero-order valence-electron chi connectivity index (χ0n) is 13.4. The van der Waals surface area contributed by atoms with Gasteiger partial charge >= 0.3 is 0 Å². The minimum absolute atomic E-state index is 0.200. The smallest absolute Gasteiger partial charge is 0.248 e. The Morgan fingerprint density at radius 1 is 1.17 bits per heavy atom. The molecule has 0 saturated carbocycles. The summed E-state index contributed by atoms with van der Waals surface area (Å²) in [7, 11) is 0. The van der Waals surface area contributed by atoms with Crippen molar-refractivity contribution >= 4 is 35.2 Å². The van der Waals surface area contributed by atoms with Crippen LogP contribution in [0.25, 0.3) is 0 Å². The molecule has 0 atom stereocenters. The maximum absolute atomic E-state index is 11.8. The Morgan fingerprint density at radius 2 is 1.83 bits per heavy atom. The third-order valence-electron chi connectivity index (χ3n) is 3.31. The first-order chi connectivity index (χ1) is 11.5. The lowest BCUT2D eigenvalue weighted by Gasteiger charge is -2.07. The van der Waals surface area contributed by atoms with Crippen LogP contribution >= 0.6 is 23.4 Å². The van der Waals surface area contributed by atoms with E-state index in [1.807, 2.05) is 26.0 Å². The molecule has 0 aliphatic carbocycles. The monoisotopic (exact) mass is 367 g/mol. The second kappa shape index (κ2) is 8.75. The second-order valence-corrected chi connectivity index (χ2v) is 6.63. The van der Waals surface area contributed by atoms with Gasteiger partial charge in [-0.1, -0.05) is 16.8 Å². The van der Waals surface area contributed by atoms with Crippen molar-refractivity contribution in [3.05, 3.63) is 46.3 Å². The molecule has 2 N–H and O–H groups in total. The Morgan fingerprint density at radius 3 is 2.46 bits per heavy atom. The zero-order chi connectivity index (χ0) is 17.5. The summed E-state index contributed by atoms with van der Waals surface area (Å²) in [6, 6.07) is 7.20. The summed E-state index contributed by atoms with van der Waals surface area (Å²) in [5, 5.41) is 4.49. The molecule has 0 fully saturated rings. The maximum atomic E-state index is 11.8. The van der Waals surface area contributed by atoms with E-state index in [0.29, 0.717) is 17.2 Å². The number of hydrogen-bond donors (Lipinski definition) is 2. The van der Waals surface area contributed by atoms with Gasteiger partial charge in [0.25, 0.3) is 0 Å². The lowest BCUT2D eigenvalue weighted by Crippen LogP contribution is -2.42. The number of nitrogens with one attached hydrogen (secondary N) is 2. The van der Waals surface area contributed by atoms with Crippen LogP contribution in [0, 0.1) is 13.8 Å². The second-order valence-electron chi connectivity index (χ2n) is 5.14. The molecule has 2 aromatic rings. The van der Waals surface area contributed by atoms with E-state index in [4.69, 9.17) is 16.1 Å². The number of amides is 2. The van der Waals surface area contributed by atoms with E-state index in [2.05, 4.69) is 16.0 Å². The molecule has 24 heavy (non-hydrogen) atoms. The zero-order valence-corrected chi connectivity index (χ0v) is 15.0. The number of hydrogen-bond acceptors (Lipinski definition) is 5. The van der Waals surface area contributed by atoms with Gasteiger partial charge in [-0.3, -0.25) is 20.4 Å². The van der Waals surface area contributed by atoms with Crippen LogP contribution in [0.5, 0.6) is 0 Å². The predicted molar refractivity (Wildman–Crippen MR) is 92.8 cm³/mol. The molecule has 2 amide bonds. The molecule has 1 heterocycles. The highest BCUT2D eigenvalue weighted by Crippen LogP contribution is 2.19. The summed E-state index contributed by atoms with van der Waals surface area (Å²) in [6.45, 7) is 3.64. The molecular formula is C16H18ClN3O3S. The summed E-state index contributed by atoms with van der Waals surface area (Å²) >= 11 is 7.16. The first-order valence-electron chi connectivity index (χ1n) is 7.33. The van der Waals surface area contributed by atoms with E-state index in [1.54, 1.807) is 12.1 Å². The van der Waals surface area contributed by atoms with Gasteiger partial charge in [-0.25, -0.2) is 0 Å². The van der Waals surface area contributed by atoms with Gasteiger partial charge in [-0.05, 0) is 44.5 Å². The third-order valence-corrected chi connectivity index (χ3v) is 4.57. The summed E-state index contributed by atoms with van der Waals surface area (Å²) < 4.78 is 5.04. The third kappa shape index (κ3) is 5.58. The maximum Gasteiger partial charge on any atom is 0.248 e. The van der Waals surface area contributed by atoms with Crippen LogP contribution < -0.4 is 10.9 Å². The van der Waals surface area contributed by atoms with E-state index in [0.717, 1.165) is 16.2 Å². The van der Waals surface area contributed by atoms with Crippen LogP contribution in [0.3, 0.4) is 0 Å². The normalized spacial score (nSPS) is 10.5. The number of aromatic nitrogens is 1. The summed E-state index contributed by atoms with van der Waals surface area (Å²) in [4.78, 5) is 24.4. The number of carbonyl (C=O) groups is 2. The number of carbonyl (C=O) groups excluding carboxylic acids is 2. The van der Waals surface area contributed by atoms with Crippen LogP contribution in [0.4, 0.5) is 0 Å². The fourth-order valence-corrected chi connectivity index (χ4v) is 2.84. The molecule has 2 rings (SSSR count). The van der Waals surface area contributed by atoms with E-state index in [9.17, 15) is 9.59 Å². The standard InChI is InChI=1S/C16H18ClN3O3S/c1-10-14(11(2)23-20-10)7-8-15(21)18-19-16(22)9-24-13-5-3-12(17)4-6-13/h3-6H,7-9H2,1-2H3,(H,18,21)(H,19,22). The van der Waals surface area contributed by atoms with E-state index < -0.39 is 0 Å². The van der Waals surface area contributed by atoms with Gasteiger partial charge in [-0.2, -0.15) is 0 Å². The molecule has 0 aliphatic rings. The minimum atomic E-state index is -0.277. The van der Waals surface area contributed by atoms with Crippen molar-refractivity contribution in [1.29, 1.82) is 0 Å². The van der Waals surface area contributed by atoms with Crippen molar-refractivity contribution in [3.8, 4) is 0 Å². The van der Waals surface area contributed by atoms with Crippen molar-refractivity contribution in [2.75, 3.05) is 5.75 Å². The first kappa shape index (κ1) is 18.4. The molecule has 128 valence electrons. The van der Waals surface area contributed by atoms with Crippen LogP contribution in [-0.2, 0) is 16.0 Å². The first-order valence-corrected chi connectivity index (χ1v) is 8.70. The van der Waals surface area contributed by atoms with Crippen molar-refractivity contribution in [1.82, 2.24) is 16.0 Å². The number of hydrazine groups is 1. The van der Waals surface area contributed by atoms with Gasteiger partial charge < -0.3 is 4.52 Å². The highest BCUT2D eigenvalue weighted by Gasteiger charge is 2.11. The predicted octanol–water partition coefficient (Wildman–Crippen LogP) is 2.82. The molecule has 8 heteroatoms. The molecule has 0 radical (unpaired) electrons. The molecule has 6 nitrogen and oxygen atoms in total. The number of rotatable bonds is 6. The Balaban J connectivity index is 1.67. The molecule has 0 unspecified atom stereocenters. The average molecular weight is 368 g/mol. The highest BCUT2D eigenvalue weighted by atomic mass is 35.5. The van der Waals surface area contributed by atoms with Gasteiger partial charge in [-0.15, -0.1) is 11.8 Å². The van der Waals surface area contributed by atoms with Crippen LogP contribution in [0.1, 0.15) is 23.4 Å². The number of nitrogens with zero attached hydrogens (tertiary/aromatic N) is 1. The Hall–Kier alpha value is -1.99. The Kier molecular flexibility index (Phi) is 6.69. The largest absolute Gasteiger partial charge is 0.361 e. The van der Waals surface area contributed by atoms with E-state index in [-0.39, 0.29) is 24.0 Å². The van der Waals surface area contributed by atoms with Gasteiger partial charge in [0.05, 0.1) is 11.4 Å². The van der Waals surface area contributed by atoms with E-state index in [1.165, 1.54) is 11.8 Å². The number of halogens is 1. The molecule has 0 aliphatic heterocycles. The van der Waals surface area contributed by atoms with Crippen molar-refractivity contribution in [2.45, 2.75) is 31.6 Å². The van der Waals surface area contributed by atoms with Gasteiger partial charge in [0.2, 0.25) is 11.8 Å². The molecule has 0 bridgehead atoms. The SMILES string of the molecule is Cc1noc(C)c1CCC(=O)NNC(=O)CSc1ccc(Cl)cc1. The molecule has 0 spiro atoms. The van der Waals surface area contributed by atoms with Gasteiger partial charge in [0.1, 0.15) is 5.76 Å². The van der Waals surface area contributed by atoms with Crippen LogP contribution in [0.15, 0.2) is 33.7 Å². The number of thioether (sulfide) groups is 1. The molecule has 1 aromatic carbocycles. The fraction of sp³-hybridized carbons (Fsp3) is 0.312. The van der Waals surface area contributed by atoms with Crippen molar-refractivity contribution in [3.63, 3.8) is 0 Å². The summed E-state index contributed by atoms with van der Waals surface area (Å²) in [5.41, 5.74) is 6.51. The highest BCUT2D eigenvalue weighted by molar-refractivity contribution is 8.00. The Bertz CT molecular complexity index is 696. The number of benzene rings is 1. The summed E-state index contributed by atoms with van der Waals surface area (Å²) in [5.74, 6) is 0.371. The molecule has 0 saturated heterocycles. The topological polar surface area (TPSA) is 84.2 Å². The van der Waals surface area contributed by atoms with Crippen molar-refractivity contribution < 1.29 is 14.1 Å². The number of aryl methyl sites for hydroxylation is 2. The molecular weight excluding hydrogens is 350 g/mol.